The van der Waals surface area contributed by atoms with Crippen LogP contribution in [0, 0.1) is 0 Å². The minimum Gasteiger partial charge on any atom is -0.492 e. The molecular weight excluding hydrogens is 328 g/mol. The van der Waals surface area contributed by atoms with Crippen molar-refractivity contribution < 1.29 is 18.3 Å². The first-order valence-electron chi connectivity index (χ1n) is 8.42. The van der Waals surface area contributed by atoms with E-state index >= 15 is 0 Å². The highest BCUT2D eigenvalue weighted by molar-refractivity contribution is 7.89. The first kappa shape index (κ1) is 19.2. The molecule has 2 rings (SSSR count). The van der Waals surface area contributed by atoms with Gasteiger partial charge in [-0.15, -0.1) is 0 Å². The Labute approximate surface area is 144 Å². The Bertz CT molecular complexity index is 632. The lowest BCUT2D eigenvalue weighted by atomic mass is 9.65. The fraction of sp³-hybridized carbons (Fsp3) is 0.647. The monoisotopic (exact) mass is 356 g/mol. The van der Waals surface area contributed by atoms with Crippen molar-refractivity contribution in [1.82, 2.24) is 0 Å². The Morgan fingerprint density at radius 2 is 2.00 bits per heavy atom. The van der Waals surface area contributed by atoms with Gasteiger partial charge in [0.1, 0.15) is 12.4 Å². The third-order valence-electron chi connectivity index (χ3n) is 5.02. The molecule has 0 aliphatic heterocycles. The summed E-state index contributed by atoms with van der Waals surface area (Å²) in [4.78, 5) is 0. The Balaban J connectivity index is 2.32. The molecule has 0 aromatic heterocycles. The fourth-order valence-electron chi connectivity index (χ4n) is 3.60. The van der Waals surface area contributed by atoms with E-state index in [0.29, 0.717) is 31.7 Å². The van der Waals surface area contributed by atoms with E-state index in [2.05, 4.69) is 0 Å². The number of ether oxygens (including phenoxy) is 1. The van der Waals surface area contributed by atoms with E-state index < -0.39 is 26.8 Å². The molecule has 1 aliphatic rings. The number of primary sulfonamides is 1. The summed E-state index contributed by atoms with van der Waals surface area (Å²) in [6, 6.07) is 7.51. The number of hydrogen-bond acceptors (Lipinski definition) is 5. The summed E-state index contributed by atoms with van der Waals surface area (Å²) < 4.78 is 28.9. The molecule has 1 aliphatic carbocycles. The van der Waals surface area contributed by atoms with E-state index in [9.17, 15) is 13.5 Å². The van der Waals surface area contributed by atoms with Crippen LogP contribution < -0.4 is 15.6 Å². The highest BCUT2D eigenvalue weighted by Gasteiger charge is 2.43. The number of sulfonamides is 1. The Morgan fingerprint density at radius 3 is 2.54 bits per heavy atom. The standard InChI is InChI=1S/C17H28N2O4S/c1-13(24(19,21)22)12-17(9-3-2-4-16(17)20)14-5-7-15(8-6-14)23-11-10-18/h5-8,13,16,20H,2-4,9-12,18H2,1H3,(H2,19,21,22). The van der Waals surface area contributed by atoms with Gasteiger partial charge in [0.25, 0.3) is 0 Å². The summed E-state index contributed by atoms with van der Waals surface area (Å²) in [6.45, 7) is 2.49. The summed E-state index contributed by atoms with van der Waals surface area (Å²) in [7, 11) is -3.64. The molecule has 0 radical (unpaired) electrons. The Morgan fingerprint density at radius 1 is 1.33 bits per heavy atom. The predicted molar refractivity (Wildman–Crippen MR) is 94.3 cm³/mol. The molecule has 24 heavy (non-hydrogen) atoms. The number of aliphatic hydroxyl groups is 1. The van der Waals surface area contributed by atoms with Crippen LogP contribution in [0.25, 0.3) is 0 Å². The highest BCUT2D eigenvalue weighted by Crippen LogP contribution is 2.44. The minimum absolute atomic E-state index is 0.315. The van der Waals surface area contributed by atoms with Crippen LogP contribution in [0.2, 0.25) is 0 Å². The normalized spacial score (nSPS) is 26.1. The molecule has 1 saturated carbocycles. The van der Waals surface area contributed by atoms with Crippen LogP contribution in [0.4, 0.5) is 0 Å². The average molecular weight is 356 g/mol. The van der Waals surface area contributed by atoms with E-state index in [1.54, 1.807) is 6.92 Å². The number of benzene rings is 1. The van der Waals surface area contributed by atoms with Crippen LogP contribution in [0.1, 0.15) is 44.6 Å². The predicted octanol–water partition coefficient (Wildman–Crippen LogP) is 1.26. The summed E-state index contributed by atoms with van der Waals surface area (Å²) >= 11 is 0. The molecule has 0 amide bonds. The van der Waals surface area contributed by atoms with Crippen LogP contribution in [0.15, 0.2) is 24.3 Å². The van der Waals surface area contributed by atoms with Gasteiger partial charge in [0.15, 0.2) is 0 Å². The number of hydrogen-bond donors (Lipinski definition) is 3. The molecule has 5 N–H and O–H groups in total. The van der Waals surface area contributed by atoms with Crippen LogP contribution in [0.3, 0.4) is 0 Å². The SMILES string of the molecule is CC(CC1(c2ccc(OCCN)cc2)CCCCC1O)S(N)(=O)=O. The van der Waals surface area contributed by atoms with Gasteiger partial charge in [-0.05, 0) is 43.9 Å². The molecule has 1 fully saturated rings. The quantitative estimate of drug-likeness (QED) is 0.680. The zero-order valence-corrected chi connectivity index (χ0v) is 15.0. The number of nitrogens with two attached hydrogens (primary N) is 2. The van der Waals surface area contributed by atoms with Crippen LogP contribution in [-0.4, -0.2) is 38.0 Å². The van der Waals surface area contributed by atoms with Crippen LogP contribution >= 0.6 is 0 Å². The summed E-state index contributed by atoms with van der Waals surface area (Å²) in [5.41, 5.74) is 5.78. The van der Waals surface area contributed by atoms with Crippen molar-refractivity contribution in [3.8, 4) is 5.75 Å². The van der Waals surface area contributed by atoms with E-state index in [1.807, 2.05) is 24.3 Å². The van der Waals surface area contributed by atoms with E-state index in [4.69, 9.17) is 15.6 Å². The molecule has 3 unspecified atom stereocenters. The lowest BCUT2D eigenvalue weighted by molar-refractivity contribution is 0.0362. The molecular formula is C17H28N2O4S. The molecule has 3 atom stereocenters. The van der Waals surface area contributed by atoms with Gasteiger partial charge >= 0.3 is 0 Å². The molecule has 6 nitrogen and oxygen atoms in total. The number of rotatable bonds is 7. The first-order valence-corrected chi connectivity index (χ1v) is 10.0. The average Bonchev–Trinajstić information content (AvgIpc) is 2.54. The lowest BCUT2D eigenvalue weighted by Gasteiger charge is -2.43. The molecule has 0 spiro atoms. The zero-order valence-electron chi connectivity index (χ0n) is 14.1. The summed E-state index contributed by atoms with van der Waals surface area (Å²) in [5, 5.41) is 15.3. The van der Waals surface area contributed by atoms with E-state index in [0.717, 1.165) is 24.8 Å². The van der Waals surface area contributed by atoms with Crippen molar-refractivity contribution in [1.29, 1.82) is 0 Å². The van der Waals surface area contributed by atoms with Gasteiger partial charge in [-0.25, -0.2) is 13.6 Å². The van der Waals surface area contributed by atoms with E-state index in [-0.39, 0.29) is 0 Å². The molecule has 1 aromatic carbocycles. The molecule has 136 valence electrons. The fourth-order valence-corrected chi connectivity index (χ4v) is 4.13. The van der Waals surface area contributed by atoms with E-state index in [1.165, 1.54) is 0 Å². The second-order valence-corrected chi connectivity index (χ2v) is 8.67. The van der Waals surface area contributed by atoms with Crippen LogP contribution in [-0.2, 0) is 15.4 Å². The van der Waals surface area contributed by atoms with Gasteiger partial charge in [-0.3, -0.25) is 0 Å². The maximum absolute atomic E-state index is 11.7. The van der Waals surface area contributed by atoms with Gasteiger partial charge < -0.3 is 15.6 Å². The third kappa shape index (κ3) is 4.27. The topological polar surface area (TPSA) is 116 Å². The lowest BCUT2D eigenvalue weighted by Crippen LogP contribution is -2.46. The Kier molecular flexibility index (Phi) is 6.25. The maximum atomic E-state index is 11.7. The van der Waals surface area contributed by atoms with Gasteiger partial charge in [-0.2, -0.15) is 0 Å². The van der Waals surface area contributed by atoms with Crippen molar-refractivity contribution in [3.05, 3.63) is 29.8 Å². The van der Waals surface area contributed by atoms with Gasteiger partial charge in [0, 0.05) is 12.0 Å². The van der Waals surface area contributed by atoms with Gasteiger partial charge in [-0.1, -0.05) is 25.0 Å². The highest BCUT2D eigenvalue weighted by atomic mass is 32.2. The van der Waals surface area contributed by atoms with Crippen molar-refractivity contribution in [2.45, 2.75) is 55.8 Å². The molecule has 0 bridgehead atoms. The zero-order chi connectivity index (χ0) is 17.8. The molecule has 0 heterocycles. The minimum atomic E-state index is -3.64. The third-order valence-corrected chi connectivity index (χ3v) is 6.31. The van der Waals surface area contributed by atoms with Crippen molar-refractivity contribution in [3.63, 3.8) is 0 Å². The molecule has 0 saturated heterocycles. The van der Waals surface area contributed by atoms with Crippen molar-refractivity contribution >= 4 is 10.0 Å². The largest absolute Gasteiger partial charge is 0.492 e. The maximum Gasteiger partial charge on any atom is 0.211 e. The van der Waals surface area contributed by atoms with Crippen LogP contribution in [0.5, 0.6) is 5.75 Å². The summed E-state index contributed by atoms with van der Waals surface area (Å²) in [5.74, 6) is 0.712. The second-order valence-electron chi connectivity index (χ2n) is 6.68. The smallest absolute Gasteiger partial charge is 0.211 e. The van der Waals surface area contributed by atoms with Gasteiger partial charge in [0.2, 0.25) is 10.0 Å². The Hall–Kier alpha value is -1.15. The van der Waals surface area contributed by atoms with Crippen molar-refractivity contribution in [2.75, 3.05) is 13.2 Å². The van der Waals surface area contributed by atoms with Crippen molar-refractivity contribution in [2.24, 2.45) is 10.9 Å². The summed E-state index contributed by atoms with van der Waals surface area (Å²) in [6.07, 6.45) is 3.06. The van der Waals surface area contributed by atoms with Gasteiger partial charge in [0.05, 0.1) is 11.4 Å². The molecule has 7 heteroatoms. The first-order chi connectivity index (χ1) is 11.3. The second kappa shape index (κ2) is 7.82. The number of aliphatic hydroxyl groups excluding tert-OH is 1. The molecule has 1 aromatic rings.